The van der Waals surface area contributed by atoms with E-state index in [4.69, 9.17) is 14.2 Å². The maximum atomic E-state index is 14.0. The molecule has 30 heavy (non-hydrogen) atoms. The molecule has 7 heteroatoms. The lowest BCUT2D eigenvalue weighted by Gasteiger charge is -2.21. The van der Waals surface area contributed by atoms with E-state index >= 15 is 0 Å². The van der Waals surface area contributed by atoms with Crippen LogP contribution in [-0.2, 0) is 17.4 Å². The minimum atomic E-state index is -3.99. The molecular formula is C23H29O6P. The van der Waals surface area contributed by atoms with E-state index in [9.17, 15) is 14.2 Å². The van der Waals surface area contributed by atoms with Crippen LogP contribution in [0.4, 0.5) is 0 Å². The lowest BCUT2D eigenvalue weighted by molar-refractivity contribution is 0.103. The van der Waals surface area contributed by atoms with Gasteiger partial charge in [-0.25, -0.2) is 0 Å². The van der Waals surface area contributed by atoms with Gasteiger partial charge in [-0.2, -0.15) is 0 Å². The van der Waals surface area contributed by atoms with Crippen LogP contribution in [0.1, 0.15) is 52.6 Å². The normalized spacial score (nSPS) is 12.7. The molecule has 0 amide bonds. The number of benzene rings is 2. The predicted molar refractivity (Wildman–Crippen MR) is 118 cm³/mol. The Morgan fingerprint density at radius 1 is 0.800 bits per heavy atom. The minimum Gasteiger partial charge on any atom is -0.496 e. The van der Waals surface area contributed by atoms with Gasteiger partial charge in [0, 0.05) is 23.9 Å². The second-order valence-electron chi connectivity index (χ2n) is 6.73. The summed E-state index contributed by atoms with van der Waals surface area (Å²) < 4.78 is 29.9. The van der Waals surface area contributed by atoms with E-state index in [1.807, 2.05) is 32.0 Å². The first-order chi connectivity index (χ1) is 14.3. The molecule has 0 aliphatic carbocycles. The molecule has 0 spiro atoms. The predicted octanol–water partition coefficient (Wildman–Crippen LogP) is 5.20. The highest BCUT2D eigenvalue weighted by Gasteiger charge is 2.43. The number of aryl methyl sites for hydroxylation is 2. The van der Waals surface area contributed by atoms with Crippen molar-refractivity contribution in [2.75, 3.05) is 27.5 Å². The average molecular weight is 432 g/mol. The SMILES string of the molecule is CCc1cccc(CC)c1C(=O)P(=O)(CC)C(=O)c1c(OC)cc(OC)cc1OC. The van der Waals surface area contributed by atoms with Gasteiger partial charge < -0.3 is 18.8 Å². The molecule has 0 fully saturated rings. The molecule has 2 rings (SSSR count). The summed E-state index contributed by atoms with van der Waals surface area (Å²) in [5.74, 6) is 0.719. The van der Waals surface area contributed by atoms with Crippen LogP contribution >= 0.6 is 7.14 Å². The number of carbonyl (C=O) groups is 2. The summed E-state index contributed by atoms with van der Waals surface area (Å²) >= 11 is 0. The van der Waals surface area contributed by atoms with E-state index in [1.165, 1.54) is 33.5 Å². The van der Waals surface area contributed by atoms with Crippen LogP contribution in [0.3, 0.4) is 0 Å². The number of hydrogen-bond acceptors (Lipinski definition) is 6. The molecule has 0 saturated heterocycles. The summed E-state index contributed by atoms with van der Waals surface area (Å²) in [4.78, 5) is 27.2. The minimum absolute atomic E-state index is 0.00800. The highest BCUT2D eigenvalue weighted by molar-refractivity contribution is 7.95. The molecule has 0 aromatic heterocycles. The number of hydrogen-bond donors (Lipinski definition) is 0. The summed E-state index contributed by atoms with van der Waals surface area (Å²) in [6.45, 7) is 5.46. The van der Waals surface area contributed by atoms with Crippen molar-refractivity contribution < 1.29 is 28.4 Å². The van der Waals surface area contributed by atoms with E-state index in [2.05, 4.69) is 0 Å². The van der Waals surface area contributed by atoms with Gasteiger partial charge in [-0.1, -0.05) is 39.0 Å². The molecule has 0 aliphatic rings. The van der Waals surface area contributed by atoms with E-state index < -0.39 is 18.2 Å². The van der Waals surface area contributed by atoms with Crippen LogP contribution in [0.5, 0.6) is 17.2 Å². The molecule has 0 saturated carbocycles. The third-order valence-corrected chi connectivity index (χ3v) is 7.89. The molecule has 0 heterocycles. The fourth-order valence-electron chi connectivity index (χ4n) is 3.47. The van der Waals surface area contributed by atoms with E-state index in [1.54, 1.807) is 6.92 Å². The standard InChI is InChI=1S/C23H29O6P/c1-7-15-11-10-12-16(8-2)20(15)22(24)30(26,9-3)23(25)21-18(28-5)13-17(27-4)14-19(21)29-6/h10-14H,7-9H2,1-6H3. The number of carbonyl (C=O) groups excluding carboxylic acids is 2. The molecule has 0 bridgehead atoms. The third kappa shape index (κ3) is 4.15. The Bertz CT molecular complexity index is 948. The van der Waals surface area contributed by atoms with Crippen molar-refractivity contribution in [1.82, 2.24) is 0 Å². The Balaban J connectivity index is 2.72. The second-order valence-corrected chi connectivity index (χ2v) is 9.66. The van der Waals surface area contributed by atoms with Crippen molar-refractivity contribution in [3.63, 3.8) is 0 Å². The van der Waals surface area contributed by atoms with Crippen LogP contribution in [0.2, 0.25) is 0 Å². The van der Waals surface area contributed by atoms with Gasteiger partial charge in [-0.3, -0.25) is 9.59 Å². The van der Waals surface area contributed by atoms with Crippen LogP contribution in [-0.4, -0.2) is 38.5 Å². The lowest BCUT2D eigenvalue weighted by atomic mass is 9.98. The van der Waals surface area contributed by atoms with Crippen molar-refractivity contribution in [3.05, 3.63) is 52.6 Å². The first-order valence-corrected chi connectivity index (χ1v) is 11.8. The zero-order valence-electron chi connectivity index (χ0n) is 18.4. The molecule has 1 atom stereocenters. The highest BCUT2D eigenvalue weighted by atomic mass is 31.2. The maximum absolute atomic E-state index is 14.0. The maximum Gasteiger partial charge on any atom is 0.236 e. The Labute approximate surface area is 177 Å². The molecule has 2 aromatic carbocycles. The zero-order valence-corrected chi connectivity index (χ0v) is 19.3. The van der Waals surface area contributed by atoms with Crippen molar-refractivity contribution in [2.24, 2.45) is 0 Å². The number of methoxy groups -OCH3 is 3. The Hall–Kier alpha value is -2.59. The molecule has 1 unspecified atom stereocenters. The fourth-order valence-corrected chi connectivity index (χ4v) is 5.46. The van der Waals surface area contributed by atoms with Crippen LogP contribution in [0.15, 0.2) is 30.3 Å². The molecular weight excluding hydrogens is 403 g/mol. The van der Waals surface area contributed by atoms with Gasteiger partial charge in [0.15, 0.2) is 0 Å². The fraction of sp³-hybridized carbons (Fsp3) is 0.391. The first kappa shape index (κ1) is 23.7. The van der Waals surface area contributed by atoms with Crippen molar-refractivity contribution >= 4 is 18.2 Å². The number of ether oxygens (including phenoxy) is 3. The van der Waals surface area contributed by atoms with Crippen molar-refractivity contribution in [1.29, 1.82) is 0 Å². The third-order valence-electron chi connectivity index (χ3n) is 5.24. The van der Waals surface area contributed by atoms with Crippen LogP contribution in [0, 0.1) is 0 Å². The summed E-state index contributed by atoms with van der Waals surface area (Å²) in [7, 11) is 0.276. The van der Waals surface area contributed by atoms with Gasteiger partial charge in [0.2, 0.25) is 18.2 Å². The Morgan fingerprint density at radius 3 is 1.63 bits per heavy atom. The monoisotopic (exact) mass is 432 g/mol. The summed E-state index contributed by atoms with van der Waals surface area (Å²) in [5.41, 5.74) is 0.589. The number of rotatable bonds is 10. The summed E-state index contributed by atoms with van der Waals surface area (Å²) in [6.07, 6.45) is 1.11. The molecule has 2 aromatic rings. The van der Waals surface area contributed by atoms with Gasteiger partial charge in [0.1, 0.15) is 22.8 Å². The molecule has 0 N–H and O–H groups in total. The largest absolute Gasteiger partial charge is 0.496 e. The van der Waals surface area contributed by atoms with Gasteiger partial charge >= 0.3 is 0 Å². The molecule has 0 aliphatic heterocycles. The second kappa shape index (κ2) is 9.94. The summed E-state index contributed by atoms with van der Waals surface area (Å²) in [6, 6.07) is 8.58. The quantitative estimate of drug-likeness (QED) is 0.480. The summed E-state index contributed by atoms with van der Waals surface area (Å²) in [5, 5.41) is 0. The van der Waals surface area contributed by atoms with E-state index in [0.717, 1.165) is 11.1 Å². The Morgan fingerprint density at radius 2 is 1.27 bits per heavy atom. The molecule has 6 nitrogen and oxygen atoms in total. The zero-order chi connectivity index (χ0) is 22.5. The van der Waals surface area contributed by atoms with E-state index in [0.29, 0.717) is 24.2 Å². The van der Waals surface area contributed by atoms with Gasteiger partial charge in [0.05, 0.1) is 21.3 Å². The van der Waals surface area contributed by atoms with Crippen LogP contribution < -0.4 is 14.2 Å². The Kier molecular flexibility index (Phi) is 7.85. The van der Waals surface area contributed by atoms with Gasteiger partial charge in [-0.15, -0.1) is 0 Å². The smallest absolute Gasteiger partial charge is 0.236 e. The van der Waals surface area contributed by atoms with Gasteiger partial charge in [0.25, 0.3) is 0 Å². The van der Waals surface area contributed by atoms with Crippen molar-refractivity contribution in [3.8, 4) is 17.2 Å². The topological polar surface area (TPSA) is 78.9 Å². The van der Waals surface area contributed by atoms with Crippen molar-refractivity contribution in [2.45, 2.75) is 33.6 Å². The van der Waals surface area contributed by atoms with Gasteiger partial charge in [-0.05, 0) is 24.0 Å². The highest BCUT2D eigenvalue weighted by Crippen LogP contribution is 2.55. The first-order valence-electron chi connectivity index (χ1n) is 9.92. The van der Waals surface area contributed by atoms with Crippen LogP contribution in [0.25, 0.3) is 0 Å². The average Bonchev–Trinajstić information content (AvgIpc) is 2.80. The lowest BCUT2D eigenvalue weighted by Crippen LogP contribution is -2.17. The molecule has 162 valence electrons. The van der Waals surface area contributed by atoms with E-state index in [-0.39, 0.29) is 23.2 Å². The molecule has 0 radical (unpaired) electrons.